The van der Waals surface area contributed by atoms with Gasteiger partial charge in [0.15, 0.2) is 5.57 Å². The molecule has 0 aliphatic rings. The lowest BCUT2D eigenvalue weighted by Gasteiger charge is -1.98. The molecule has 4 nitrogen and oxygen atoms in total. The molecule has 0 aliphatic heterocycles. The third kappa shape index (κ3) is 3.05. The summed E-state index contributed by atoms with van der Waals surface area (Å²) in [7, 11) is 0. The van der Waals surface area contributed by atoms with Gasteiger partial charge in [-0.25, -0.2) is 4.79 Å². The Bertz CT molecular complexity index is 225. The Morgan fingerprint density at radius 2 is 2.36 bits per heavy atom. The molecule has 11 heavy (non-hydrogen) atoms. The van der Waals surface area contributed by atoms with Crippen LogP contribution in [0.3, 0.4) is 0 Å². The predicted octanol–water partition coefficient (Wildman–Crippen LogP) is 0.638. The molecular formula is C6H7BrN2O2. The summed E-state index contributed by atoms with van der Waals surface area (Å²) in [4.78, 5) is 10.8. The zero-order valence-electron chi connectivity index (χ0n) is 5.93. The van der Waals surface area contributed by atoms with E-state index in [1.54, 1.807) is 13.0 Å². The number of esters is 1. The van der Waals surface area contributed by atoms with E-state index in [0.717, 1.165) is 0 Å². The SMILES string of the molecule is CCOC(=O)/C(C#N)=C(\N)Br. The normalized spacial score (nSPS) is 11.4. The summed E-state index contributed by atoms with van der Waals surface area (Å²) < 4.78 is 4.53. The molecule has 0 radical (unpaired) electrons. The minimum absolute atomic E-state index is 0.00144. The molecule has 0 bridgehead atoms. The van der Waals surface area contributed by atoms with Crippen LogP contribution < -0.4 is 5.73 Å². The summed E-state index contributed by atoms with van der Waals surface area (Å²) in [6, 6.07) is 1.62. The van der Waals surface area contributed by atoms with Gasteiger partial charge in [0.1, 0.15) is 10.7 Å². The van der Waals surface area contributed by atoms with Gasteiger partial charge in [-0.3, -0.25) is 0 Å². The second-order valence-electron chi connectivity index (χ2n) is 1.56. The van der Waals surface area contributed by atoms with E-state index < -0.39 is 5.97 Å². The molecule has 0 aromatic rings. The Kier molecular flexibility index (Phi) is 4.30. The summed E-state index contributed by atoms with van der Waals surface area (Å²) in [5, 5.41) is 8.37. The van der Waals surface area contributed by atoms with Crippen molar-refractivity contribution in [2.45, 2.75) is 6.92 Å². The number of halogens is 1. The molecule has 0 saturated heterocycles. The second kappa shape index (κ2) is 4.74. The Labute approximate surface area is 72.7 Å². The number of hydrogen-bond donors (Lipinski definition) is 1. The van der Waals surface area contributed by atoms with Gasteiger partial charge in [-0.15, -0.1) is 0 Å². The number of rotatable bonds is 2. The number of carbonyl (C=O) groups excluding carboxylic acids is 1. The van der Waals surface area contributed by atoms with Gasteiger partial charge in [0.05, 0.1) is 6.61 Å². The van der Waals surface area contributed by atoms with Crippen LogP contribution in [0.25, 0.3) is 0 Å². The van der Waals surface area contributed by atoms with Crippen LogP contribution in [0.4, 0.5) is 0 Å². The summed E-state index contributed by atoms with van der Waals surface area (Å²) in [6.45, 7) is 1.88. The van der Waals surface area contributed by atoms with E-state index in [4.69, 9.17) is 11.0 Å². The Hall–Kier alpha value is -1.02. The van der Waals surface area contributed by atoms with E-state index in [9.17, 15) is 4.79 Å². The predicted molar refractivity (Wildman–Crippen MR) is 42.4 cm³/mol. The third-order valence-corrected chi connectivity index (χ3v) is 1.23. The van der Waals surface area contributed by atoms with Gasteiger partial charge < -0.3 is 10.5 Å². The van der Waals surface area contributed by atoms with E-state index in [1.165, 1.54) is 0 Å². The monoisotopic (exact) mass is 218 g/mol. The van der Waals surface area contributed by atoms with Crippen LogP contribution in [0.1, 0.15) is 6.92 Å². The van der Waals surface area contributed by atoms with E-state index in [-0.39, 0.29) is 16.8 Å². The molecule has 0 aromatic carbocycles. The van der Waals surface area contributed by atoms with Crippen LogP contribution in [-0.2, 0) is 9.53 Å². The van der Waals surface area contributed by atoms with Gasteiger partial charge in [-0.2, -0.15) is 5.26 Å². The molecule has 0 aliphatic carbocycles. The summed E-state index contributed by atoms with van der Waals surface area (Å²) >= 11 is 2.81. The minimum atomic E-state index is -0.704. The molecular weight excluding hydrogens is 212 g/mol. The highest BCUT2D eigenvalue weighted by Crippen LogP contribution is 2.06. The number of ether oxygens (including phenoxy) is 1. The quantitative estimate of drug-likeness (QED) is 0.320. The highest BCUT2D eigenvalue weighted by molar-refractivity contribution is 9.11. The highest BCUT2D eigenvalue weighted by atomic mass is 79.9. The summed E-state index contributed by atoms with van der Waals surface area (Å²) in [5.41, 5.74) is 4.95. The Balaban J connectivity index is 4.45. The Morgan fingerprint density at radius 1 is 1.82 bits per heavy atom. The van der Waals surface area contributed by atoms with Crippen LogP contribution in [0.15, 0.2) is 10.2 Å². The maximum Gasteiger partial charge on any atom is 0.351 e. The van der Waals surface area contributed by atoms with Gasteiger partial charge in [0, 0.05) is 0 Å². The van der Waals surface area contributed by atoms with Crippen LogP contribution >= 0.6 is 15.9 Å². The molecule has 0 atom stereocenters. The molecule has 0 spiro atoms. The molecule has 0 unspecified atom stereocenters. The molecule has 0 rings (SSSR count). The molecule has 0 amide bonds. The standard InChI is InChI=1S/C6H7BrN2O2/c1-2-11-6(10)4(3-8)5(7)9/h2,9H2,1H3/b5-4-. The van der Waals surface area contributed by atoms with E-state index in [2.05, 4.69) is 20.7 Å². The highest BCUT2D eigenvalue weighted by Gasteiger charge is 2.12. The molecule has 0 fully saturated rings. The summed E-state index contributed by atoms with van der Waals surface area (Å²) in [5.74, 6) is -0.704. The molecule has 5 heteroatoms. The number of carbonyl (C=O) groups is 1. The van der Waals surface area contributed by atoms with Crippen molar-refractivity contribution in [3.63, 3.8) is 0 Å². The molecule has 2 N–H and O–H groups in total. The third-order valence-electron chi connectivity index (χ3n) is 0.830. The topological polar surface area (TPSA) is 76.1 Å². The fourth-order valence-electron chi connectivity index (χ4n) is 0.400. The molecule has 0 heterocycles. The first-order chi connectivity index (χ1) is 5.13. The van der Waals surface area contributed by atoms with Crippen LogP contribution in [0.2, 0.25) is 0 Å². The number of nitrogens with zero attached hydrogens (tertiary/aromatic N) is 1. The van der Waals surface area contributed by atoms with Crippen molar-refractivity contribution in [1.29, 1.82) is 5.26 Å². The van der Waals surface area contributed by atoms with E-state index >= 15 is 0 Å². The van der Waals surface area contributed by atoms with Crippen LogP contribution in [0.5, 0.6) is 0 Å². The lowest BCUT2D eigenvalue weighted by atomic mass is 10.3. The number of hydrogen-bond acceptors (Lipinski definition) is 4. The first kappa shape index (κ1) is 9.98. The molecule has 60 valence electrons. The van der Waals surface area contributed by atoms with Gasteiger partial charge in [0.25, 0.3) is 0 Å². The molecule has 0 saturated carbocycles. The van der Waals surface area contributed by atoms with Crippen molar-refractivity contribution >= 4 is 21.9 Å². The van der Waals surface area contributed by atoms with Crippen molar-refractivity contribution in [3.05, 3.63) is 10.2 Å². The average Bonchev–Trinajstić information content (AvgIpc) is 1.88. The molecule has 0 aromatic heterocycles. The first-order valence-electron chi connectivity index (χ1n) is 2.86. The maximum absolute atomic E-state index is 10.8. The Morgan fingerprint density at radius 3 is 2.64 bits per heavy atom. The fraction of sp³-hybridized carbons (Fsp3) is 0.333. The lowest BCUT2D eigenvalue weighted by Crippen LogP contribution is -2.10. The minimum Gasteiger partial charge on any atom is -0.462 e. The van der Waals surface area contributed by atoms with Gasteiger partial charge in [-0.1, -0.05) is 0 Å². The van der Waals surface area contributed by atoms with Gasteiger partial charge in [0.2, 0.25) is 0 Å². The second-order valence-corrected chi connectivity index (χ2v) is 2.41. The zero-order valence-corrected chi connectivity index (χ0v) is 7.51. The van der Waals surface area contributed by atoms with Crippen molar-refractivity contribution in [1.82, 2.24) is 0 Å². The van der Waals surface area contributed by atoms with Crippen molar-refractivity contribution < 1.29 is 9.53 Å². The van der Waals surface area contributed by atoms with Crippen molar-refractivity contribution in [2.75, 3.05) is 6.61 Å². The average molecular weight is 219 g/mol. The lowest BCUT2D eigenvalue weighted by molar-refractivity contribution is -0.138. The van der Waals surface area contributed by atoms with E-state index in [1.807, 2.05) is 0 Å². The fourth-order valence-corrected chi connectivity index (χ4v) is 0.650. The number of nitriles is 1. The van der Waals surface area contributed by atoms with Crippen molar-refractivity contribution in [2.24, 2.45) is 5.73 Å². The van der Waals surface area contributed by atoms with Gasteiger partial charge in [-0.05, 0) is 22.9 Å². The van der Waals surface area contributed by atoms with Gasteiger partial charge >= 0.3 is 5.97 Å². The van der Waals surface area contributed by atoms with Crippen LogP contribution in [-0.4, -0.2) is 12.6 Å². The number of nitrogens with two attached hydrogens (primary N) is 1. The first-order valence-corrected chi connectivity index (χ1v) is 3.65. The summed E-state index contributed by atoms with van der Waals surface area (Å²) in [6.07, 6.45) is 0. The smallest absolute Gasteiger partial charge is 0.351 e. The largest absolute Gasteiger partial charge is 0.462 e. The van der Waals surface area contributed by atoms with E-state index in [0.29, 0.717) is 0 Å². The maximum atomic E-state index is 10.8. The van der Waals surface area contributed by atoms with Crippen molar-refractivity contribution in [3.8, 4) is 6.07 Å². The van der Waals surface area contributed by atoms with Crippen LogP contribution in [0, 0.1) is 11.3 Å². The zero-order chi connectivity index (χ0) is 8.85.